The van der Waals surface area contributed by atoms with Gasteiger partial charge in [0.1, 0.15) is 12.4 Å². The molecule has 0 radical (unpaired) electrons. The summed E-state index contributed by atoms with van der Waals surface area (Å²) in [6.45, 7) is 1.04. The number of allylic oxidation sites excluding steroid dienone is 3. The maximum absolute atomic E-state index is 13.5. The van der Waals surface area contributed by atoms with Crippen molar-refractivity contribution >= 4 is 45.4 Å². The molecule has 0 saturated heterocycles. The fraction of sp³-hybridized carbons (Fsp3) is 0.207. The van der Waals surface area contributed by atoms with E-state index in [9.17, 15) is 23.4 Å². The van der Waals surface area contributed by atoms with E-state index in [1.165, 1.54) is 30.3 Å². The minimum absolute atomic E-state index is 0. The van der Waals surface area contributed by atoms with Gasteiger partial charge in [-0.1, -0.05) is 72.3 Å². The topological polar surface area (TPSA) is 113 Å². The smallest absolute Gasteiger partial charge is 0.329 e. The van der Waals surface area contributed by atoms with Gasteiger partial charge in [0.25, 0.3) is 0 Å². The molecule has 1 aliphatic carbocycles. The second kappa shape index (κ2) is 13.3. The summed E-state index contributed by atoms with van der Waals surface area (Å²) in [4.78, 5) is 12.1. The van der Waals surface area contributed by atoms with Crippen molar-refractivity contribution in [3.63, 3.8) is 0 Å². The number of nitrogens with one attached hydrogen (secondary N) is 1. The van der Waals surface area contributed by atoms with Crippen LogP contribution in [0.1, 0.15) is 23.7 Å². The second-order valence-electron chi connectivity index (χ2n) is 8.86. The third-order valence-corrected chi connectivity index (χ3v) is 8.92. The van der Waals surface area contributed by atoms with Crippen LogP contribution in [0.2, 0.25) is 5.02 Å². The quantitative estimate of drug-likeness (QED) is 0.266. The van der Waals surface area contributed by atoms with Gasteiger partial charge in [-0.3, -0.25) is 4.79 Å². The number of carboxylic acids is 1. The molecule has 0 bridgehead atoms. The molecule has 0 amide bonds. The van der Waals surface area contributed by atoms with Gasteiger partial charge in [0.15, 0.2) is 14.6 Å². The highest BCUT2D eigenvalue weighted by molar-refractivity contribution is 7.93. The molecule has 1 aliphatic rings. The third-order valence-electron chi connectivity index (χ3n) is 6.36. The van der Waals surface area contributed by atoms with Crippen LogP contribution in [-0.4, -0.2) is 49.0 Å². The van der Waals surface area contributed by atoms with Gasteiger partial charge in [0.05, 0.1) is 11.0 Å². The number of halogens is 2. The number of aliphatic carboxylic acids is 1. The fourth-order valence-corrected chi connectivity index (χ4v) is 6.07. The monoisotopic (exact) mass is 589 g/mol. The number of rotatable bonds is 11. The molecule has 0 aliphatic heterocycles. The van der Waals surface area contributed by atoms with Crippen molar-refractivity contribution in [2.45, 2.75) is 22.2 Å². The van der Waals surface area contributed by atoms with E-state index in [2.05, 4.69) is 5.32 Å². The normalized spacial score (nSPS) is 17.5. The lowest BCUT2D eigenvalue weighted by molar-refractivity contribution is -0.138. The molecular formula is C29H29Cl2NO6S. The molecular weight excluding hydrogens is 561 g/mol. The molecule has 39 heavy (non-hydrogen) atoms. The summed E-state index contributed by atoms with van der Waals surface area (Å²) in [6, 6.07) is 22.1. The molecule has 206 valence electrons. The minimum Gasteiger partial charge on any atom is -0.492 e. The minimum atomic E-state index is -4.25. The van der Waals surface area contributed by atoms with Gasteiger partial charge < -0.3 is 20.3 Å². The van der Waals surface area contributed by atoms with Crippen LogP contribution in [0.25, 0.3) is 5.57 Å². The fourth-order valence-electron chi connectivity index (χ4n) is 4.18. The number of carboxylic acid groups (broad SMARTS) is 1. The van der Waals surface area contributed by atoms with Crippen molar-refractivity contribution in [1.82, 2.24) is 5.32 Å². The van der Waals surface area contributed by atoms with E-state index in [1.807, 2.05) is 30.3 Å². The average Bonchev–Trinajstić information content (AvgIpc) is 2.93. The van der Waals surface area contributed by atoms with Gasteiger partial charge in [-0.2, -0.15) is 0 Å². The molecule has 3 aromatic carbocycles. The predicted octanol–water partition coefficient (Wildman–Crippen LogP) is 5.10. The van der Waals surface area contributed by atoms with Crippen molar-refractivity contribution < 1.29 is 28.2 Å². The van der Waals surface area contributed by atoms with E-state index in [4.69, 9.17) is 16.3 Å². The number of benzene rings is 3. The van der Waals surface area contributed by atoms with Gasteiger partial charge in [0, 0.05) is 24.5 Å². The summed E-state index contributed by atoms with van der Waals surface area (Å²) >= 11 is 5.95. The zero-order valence-electron chi connectivity index (χ0n) is 20.9. The zero-order valence-corrected chi connectivity index (χ0v) is 23.3. The Kier molecular flexibility index (Phi) is 10.4. The molecule has 0 saturated carbocycles. The summed E-state index contributed by atoms with van der Waals surface area (Å²) < 4.78 is 30.5. The largest absolute Gasteiger partial charge is 0.492 e. The first-order valence-corrected chi connectivity index (χ1v) is 13.9. The Labute approximate surface area is 239 Å². The molecule has 1 unspecified atom stereocenters. The highest BCUT2D eigenvalue weighted by atomic mass is 35.5. The highest BCUT2D eigenvalue weighted by Crippen LogP contribution is 2.37. The molecule has 3 aromatic rings. The summed E-state index contributed by atoms with van der Waals surface area (Å²) in [7, 11) is -4.25. The Morgan fingerprint density at radius 3 is 2.38 bits per heavy atom. The van der Waals surface area contributed by atoms with E-state index in [0.717, 1.165) is 11.1 Å². The van der Waals surface area contributed by atoms with Crippen LogP contribution in [0.4, 0.5) is 0 Å². The Morgan fingerprint density at radius 2 is 1.77 bits per heavy atom. The summed E-state index contributed by atoms with van der Waals surface area (Å²) in [5.41, 5.74) is 2.37. The van der Waals surface area contributed by atoms with E-state index in [1.54, 1.807) is 36.4 Å². The predicted molar refractivity (Wildman–Crippen MR) is 154 cm³/mol. The first kappa shape index (κ1) is 30.4. The van der Waals surface area contributed by atoms with Crippen LogP contribution in [0.15, 0.2) is 102 Å². The van der Waals surface area contributed by atoms with Gasteiger partial charge in [-0.05, 0) is 53.1 Å². The van der Waals surface area contributed by atoms with Crippen molar-refractivity contribution in [3.05, 3.63) is 113 Å². The Balaban J connectivity index is 0.00000420. The molecule has 3 N–H and O–H groups in total. The summed E-state index contributed by atoms with van der Waals surface area (Å²) in [6.07, 6.45) is 3.57. The van der Waals surface area contributed by atoms with Crippen LogP contribution in [0.5, 0.6) is 5.75 Å². The lowest BCUT2D eigenvalue weighted by Crippen LogP contribution is -2.45. The summed E-state index contributed by atoms with van der Waals surface area (Å²) in [5.74, 6) is -0.987. The Morgan fingerprint density at radius 1 is 1.05 bits per heavy atom. The number of hydrogen-bond donors (Lipinski definition) is 3. The highest BCUT2D eigenvalue weighted by Gasteiger charge is 2.50. The maximum atomic E-state index is 13.5. The molecule has 0 heterocycles. The maximum Gasteiger partial charge on any atom is 0.329 e. The van der Waals surface area contributed by atoms with Crippen molar-refractivity contribution in [2.75, 3.05) is 19.7 Å². The first-order chi connectivity index (χ1) is 18.2. The Bertz CT molecular complexity index is 1440. The van der Waals surface area contributed by atoms with Crippen molar-refractivity contribution in [1.29, 1.82) is 0 Å². The van der Waals surface area contributed by atoms with Crippen LogP contribution in [-0.2, 0) is 14.6 Å². The molecule has 0 aromatic heterocycles. The molecule has 0 fully saturated rings. The number of aliphatic hydroxyl groups excluding tert-OH is 1. The van der Waals surface area contributed by atoms with Gasteiger partial charge in [-0.15, -0.1) is 12.4 Å². The number of hydrogen-bond acceptors (Lipinski definition) is 6. The molecule has 2 atom stereocenters. The molecule has 4 rings (SSSR count). The number of carbonyl (C=O) groups is 1. The molecule has 7 nitrogen and oxygen atoms in total. The molecule has 0 spiro atoms. The zero-order chi connectivity index (χ0) is 27.2. The number of sulfone groups is 1. The van der Waals surface area contributed by atoms with E-state index >= 15 is 0 Å². The lowest BCUT2D eigenvalue weighted by Gasteiger charge is -2.28. The standard InChI is InChI=1S/C29H28ClNO6S.ClH/c30-24-8-4-7-23(19-24)27(32)20-31-17-18-37-25-9-11-26(12-10-25)38(35,36)29(28(33)34)15-13-22(14-16-29)21-5-2-1-3-6-21;/h1-15,19,27,31-32H,16-18,20H2,(H,33,34);1H/t27-,29?;/m0./s1. The summed E-state index contributed by atoms with van der Waals surface area (Å²) in [5, 5.41) is 23.9. The van der Waals surface area contributed by atoms with E-state index in [0.29, 0.717) is 29.4 Å². The van der Waals surface area contributed by atoms with Crippen molar-refractivity contribution in [3.8, 4) is 5.75 Å². The van der Waals surface area contributed by atoms with Crippen LogP contribution >= 0.6 is 24.0 Å². The number of aliphatic hydroxyl groups is 1. The lowest BCUT2D eigenvalue weighted by atomic mass is 9.92. The second-order valence-corrected chi connectivity index (χ2v) is 11.5. The van der Waals surface area contributed by atoms with E-state index < -0.39 is 26.7 Å². The van der Waals surface area contributed by atoms with Crippen molar-refractivity contribution in [2.24, 2.45) is 0 Å². The molecule has 10 heteroatoms. The SMILES string of the molecule is Cl.O=C(O)C1(S(=O)(=O)c2ccc(OCCNC[C@H](O)c3cccc(Cl)c3)cc2)C=CC(c2ccccc2)=CC1. The van der Waals surface area contributed by atoms with Crippen LogP contribution in [0, 0.1) is 0 Å². The first-order valence-electron chi connectivity index (χ1n) is 12.0. The van der Waals surface area contributed by atoms with Crippen LogP contribution < -0.4 is 10.1 Å². The van der Waals surface area contributed by atoms with Gasteiger partial charge >= 0.3 is 5.97 Å². The van der Waals surface area contributed by atoms with Gasteiger partial charge in [0.2, 0.25) is 0 Å². The third kappa shape index (κ3) is 6.90. The average molecular weight is 591 g/mol. The Hall–Kier alpha value is -3.14. The van der Waals surface area contributed by atoms with E-state index in [-0.39, 0.29) is 30.3 Å². The number of ether oxygens (including phenoxy) is 1. The van der Waals surface area contributed by atoms with Gasteiger partial charge in [-0.25, -0.2) is 8.42 Å². The van der Waals surface area contributed by atoms with Crippen LogP contribution in [0.3, 0.4) is 0 Å².